The van der Waals surface area contributed by atoms with E-state index in [4.69, 9.17) is 4.42 Å². The van der Waals surface area contributed by atoms with Gasteiger partial charge in [-0.25, -0.2) is 19.9 Å². The molecule has 4 aromatic rings. The minimum Gasteiger partial charge on any atom is -0.464 e. The lowest BCUT2D eigenvalue weighted by molar-refractivity contribution is 0.112. The number of carbonyl (C=O) groups excluding carboxylic acids is 1. The molecule has 0 aromatic carbocycles. The van der Waals surface area contributed by atoms with Gasteiger partial charge in [0.1, 0.15) is 22.6 Å². The summed E-state index contributed by atoms with van der Waals surface area (Å²) < 4.78 is 5.42. The van der Waals surface area contributed by atoms with Crippen LogP contribution in [0.2, 0.25) is 0 Å². The van der Waals surface area contributed by atoms with Crippen LogP contribution in [0.15, 0.2) is 41.5 Å². The van der Waals surface area contributed by atoms with Gasteiger partial charge in [-0.05, 0) is 13.0 Å². The first-order valence-corrected chi connectivity index (χ1v) is 7.64. The number of hydrogen-bond donors (Lipinski definition) is 0. The van der Waals surface area contributed by atoms with E-state index in [9.17, 15) is 4.79 Å². The van der Waals surface area contributed by atoms with E-state index in [1.807, 2.05) is 13.0 Å². The highest BCUT2D eigenvalue weighted by Crippen LogP contribution is 2.35. The van der Waals surface area contributed by atoms with Gasteiger partial charge in [-0.1, -0.05) is 0 Å². The zero-order valence-corrected chi connectivity index (χ0v) is 12.9. The predicted octanol–water partition coefficient (Wildman–Crippen LogP) is 3.53. The molecule has 0 bridgehead atoms. The molecule has 0 saturated carbocycles. The van der Waals surface area contributed by atoms with E-state index in [1.54, 1.807) is 24.7 Å². The molecule has 112 valence electrons. The Morgan fingerprint density at radius 2 is 2.04 bits per heavy atom. The Morgan fingerprint density at radius 1 is 1.22 bits per heavy atom. The van der Waals surface area contributed by atoms with Crippen LogP contribution in [0.25, 0.3) is 32.1 Å². The maximum Gasteiger partial charge on any atom is 0.169 e. The van der Waals surface area contributed by atoms with Gasteiger partial charge in [0, 0.05) is 29.4 Å². The summed E-state index contributed by atoms with van der Waals surface area (Å²) in [4.78, 5) is 29.2. The van der Waals surface area contributed by atoms with Gasteiger partial charge >= 0.3 is 0 Å². The highest BCUT2D eigenvalue weighted by Gasteiger charge is 2.16. The summed E-state index contributed by atoms with van der Waals surface area (Å²) in [6.45, 7) is 1.91. The first-order chi connectivity index (χ1) is 11.3. The average molecular weight is 322 g/mol. The lowest BCUT2D eigenvalue weighted by Gasteiger charge is -2.00. The van der Waals surface area contributed by atoms with Crippen LogP contribution in [0.5, 0.6) is 0 Å². The molecule has 23 heavy (non-hydrogen) atoms. The summed E-state index contributed by atoms with van der Waals surface area (Å²) in [6.07, 6.45) is 7.21. The standard InChI is InChI=1S/C16H10N4O2S/c1-9-15(23-16(19-9)10-5-17-8-18-6-10)12-4-14-11(2-3-22-14)13(7-21)20-12/h2-8H,1H3. The van der Waals surface area contributed by atoms with E-state index in [1.165, 1.54) is 17.7 Å². The third-order valence-corrected chi connectivity index (χ3v) is 4.66. The highest BCUT2D eigenvalue weighted by atomic mass is 32.1. The number of aromatic nitrogens is 4. The van der Waals surface area contributed by atoms with E-state index in [0.717, 1.165) is 27.4 Å². The van der Waals surface area contributed by atoms with Crippen LogP contribution in [0, 0.1) is 6.92 Å². The first-order valence-electron chi connectivity index (χ1n) is 6.83. The van der Waals surface area contributed by atoms with E-state index in [0.29, 0.717) is 22.4 Å². The Labute approximate surface area is 134 Å². The first kappa shape index (κ1) is 13.7. The number of thiazole rings is 1. The number of pyridine rings is 1. The fourth-order valence-electron chi connectivity index (χ4n) is 2.36. The van der Waals surface area contributed by atoms with E-state index in [2.05, 4.69) is 19.9 Å². The monoisotopic (exact) mass is 322 g/mol. The molecule has 0 aliphatic carbocycles. The Balaban J connectivity index is 1.88. The third kappa shape index (κ3) is 2.31. The largest absolute Gasteiger partial charge is 0.464 e. The molecule has 4 heterocycles. The molecule has 4 aromatic heterocycles. The number of hydrogen-bond acceptors (Lipinski definition) is 7. The van der Waals surface area contributed by atoms with Gasteiger partial charge in [0.25, 0.3) is 0 Å². The minimum atomic E-state index is 0.364. The van der Waals surface area contributed by atoms with Crippen molar-refractivity contribution >= 4 is 28.6 Å². The Hall–Kier alpha value is -2.93. The quantitative estimate of drug-likeness (QED) is 0.537. The van der Waals surface area contributed by atoms with Crippen molar-refractivity contribution in [2.75, 3.05) is 0 Å². The van der Waals surface area contributed by atoms with Crippen molar-refractivity contribution in [3.05, 3.63) is 48.5 Å². The topological polar surface area (TPSA) is 81.8 Å². The lowest BCUT2D eigenvalue weighted by Crippen LogP contribution is -1.91. The molecule has 7 heteroatoms. The van der Waals surface area contributed by atoms with Gasteiger partial charge in [-0.2, -0.15) is 0 Å². The van der Waals surface area contributed by atoms with Gasteiger partial charge in [0.15, 0.2) is 6.29 Å². The third-order valence-electron chi connectivity index (χ3n) is 3.43. The summed E-state index contributed by atoms with van der Waals surface area (Å²) in [6, 6.07) is 3.57. The van der Waals surface area contributed by atoms with Crippen LogP contribution < -0.4 is 0 Å². The second-order valence-corrected chi connectivity index (χ2v) is 5.90. The minimum absolute atomic E-state index is 0.364. The second-order valence-electron chi connectivity index (χ2n) is 4.90. The number of fused-ring (bicyclic) bond motifs is 1. The van der Waals surface area contributed by atoms with Gasteiger partial charge in [0.2, 0.25) is 0 Å². The fourth-order valence-corrected chi connectivity index (χ4v) is 3.37. The molecule has 0 radical (unpaired) electrons. The van der Waals surface area contributed by atoms with Gasteiger partial charge in [0.05, 0.1) is 22.5 Å². The molecule has 0 aliphatic heterocycles. The molecular formula is C16H10N4O2S. The average Bonchev–Trinajstić information content (AvgIpc) is 3.21. The number of furan rings is 1. The van der Waals surface area contributed by atoms with Crippen LogP contribution in [-0.2, 0) is 0 Å². The Bertz CT molecular complexity index is 1010. The number of aryl methyl sites for hydroxylation is 1. The molecule has 0 N–H and O–H groups in total. The molecule has 0 amide bonds. The number of nitrogens with zero attached hydrogens (tertiary/aromatic N) is 4. The zero-order chi connectivity index (χ0) is 15.8. The molecule has 0 unspecified atom stereocenters. The van der Waals surface area contributed by atoms with Crippen molar-refractivity contribution in [2.45, 2.75) is 6.92 Å². The molecule has 0 spiro atoms. The molecule has 0 saturated heterocycles. The summed E-state index contributed by atoms with van der Waals surface area (Å²) in [5.41, 5.74) is 3.36. The summed E-state index contributed by atoms with van der Waals surface area (Å²) >= 11 is 1.48. The van der Waals surface area contributed by atoms with Gasteiger partial charge < -0.3 is 4.42 Å². The SMILES string of the molecule is Cc1nc(-c2cncnc2)sc1-c1cc2occc2c(C=O)n1. The van der Waals surface area contributed by atoms with Gasteiger partial charge in [-0.15, -0.1) is 11.3 Å². The lowest BCUT2D eigenvalue weighted by atomic mass is 10.2. The van der Waals surface area contributed by atoms with E-state index in [-0.39, 0.29) is 0 Å². The highest BCUT2D eigenvalue weighted by molar-refractivity contribution is 7.18. The molecule has 0 fully saturated rings. The van der Waals surface area contributed by atoms with Crippen molar-refractivity contribution in [1.82, 2.24) is 19.9 Å². The van der Waals surface area contributed by atoms with Crippen molar-refractivity contribution in [1.29, 1.82) is 0 Å². The maximum atomic E-state index is 11.3. The number of aldehydes is 1. The summed E-state index contributed by atoms with van der Waals surface area (Å²) in [5.74, 6) is 0. The van der Waals surface area contributed by atoms with Crippen LogP contribution in [-0.4, -0.2) is 26.2 Å². The predicted molar refractivity (Wildman–Crippen MR) is 86.3 cm³/mol. The van der Waals surface area contributed by atoms with Crippen molar-refractivity contribution in [3.8, 4) is 21.1 Å². The van der Waals surface area contributed by atoms with Gasteiger partial charge in [-0.3, -0.25) is 4.79 Å². The normalized spacial score (nSPS) is 11.0. The Morgan fingerprint density at radius 3 is 2.83 bits per heavy atom. The molecule has 4 rings (SSSR count). The van der Waals surface area contributed by atoms with E-state index < -0.39 is 0 Å². The molecule has 0 aliphatic rings. The van der Waals surface area contributed by atoms with E-state index >= 15 is 0 Å². The molecule has 6 nitrogen and oxygen atoms in total. The zero-order valence-electron chi connectivity index (χ0n) is 12.1. The van der Waals surface area contributed by atoms with Crippen molar-refractivity contribution in [2.24, 2.45) is 0 Å². The molecular weight excluding hydrogens is 312 g/mol. The number of rotatable bonds is 3. The number of carbonyl (C=O) groups is 1. The van der Waals surface area contributed by atoms with Crippen molar-refractivity contribution in [3.63, 3.8) is 0 Å². The smallest absolute Gasteiger partial charge is 0.169 e. The maximum absolute atomic E-state index is 11.3. The van der Waals surface area contributed by atoms with Crippen LogP contribution in [0.1, 0.15) is 16.2 Å². The van der Waals surface area contributed by atoms with Crippen LogP contribution in [0.3, 0.4) is 0 Å². The summed E-state index contributed by atoms with van der Waals surface area (Å²) in [5, 5.41) is 1.52. The second kappa shape index (κ2) is 5.36. The van der Waals surface area contributed by atoms with Crippen LogP contribution >= 0.6 is 11.3 Å². The van der Waals surface area contributed by atoms with Crippen molar-refractivity contribution < 1.29 is 9.21 Å². The van der Waals surface area contributed by atoms with Crippen LogP contribution in [0.4, 0.5) is 0 Å². The molecule has 0 atom stereocenters. The Kier molecular flexibility index (Phi) is 3.20. The fraction of sp³-hybridized carbons (Fsp3) is 0.0625. The summed E-state index contributed by atoms with van der Waals surface area (Å²) in [7, 11) is 0.